The predicted octanol–water partition coefficient (Wildman–Crippen LogP) is 2.77. The van der Waals surface area contributed by atoms with Crippen LogP contribution in [0.5, 0.6) is 5.75 Å². The minimum atomic E-state index is -2.80. The van der Waals surface area contributed by atoms with Crippen molar-refractivity contribution in [1.29, 1.82) is 0 Å². The van der Waals surface area contributed by atoms with E-state index in [1.165, 1.54) is 0 Å². The van der Waals surface area contributed by atoms with Gasteiger partial charge < -0.3 is 10.1 Å². The summed E-state index contributed by atoms with van der Waals surface area (Å²) in [5.74, 6) is 1.45. The second-order valence-corrected chi connectivity index (χ2v) is 8.02. The fourth-order valence-corrected chi connectivity index (χ4v) is 3.89. The number of aryl methyl sites for hydroxylation is 1. The number of ether oxygens (including phenoxy) is 1. The van der Waals surface area contributed by atoms with Crippen LogP contribution in [0, 0.1) is 6.92 Å². The van der Waals surface area contributed by atoms with Gasteiger partial charge in [0.1, 0.15) is 15.6 Å². The minimum Gasteiger partial charge on any atom is -0.491 e. The Bertz CT molecular complexity index is 552. The molecule has 0 saturated carbocycles. The minimum absolute atomic E-state index is 0.164. The molecule has 1 aliphatic heterocycles. The van der Waals surface area contributed by atoms with Gasteiger partial charge in [0.05, 0.1) is 17.6 Å². The molecule has 1 aromatic rings. The van der Waals surface area contributed by atoms with Crippen LogP contribution in [0.15, 0.2) is 18.2 Å². The maximum atomic E-state index is 11.4. The van der Waals surface area contributed by atoms with E-state index in [2.05, 4.69) is 5.32 Å². The molecule has 1 aromatic carbocycles. The first kappa shape index (κ1) is 15.2. The lowest BCUT2D eigenvalue weighted by Crippen LogP contribution is -2.32. The van der Waals surface area contributed by atoms with Crippen LogP contribution in [0.4, 0.5) is 5.69 Å². The Morgan fingerprint density at radius 3 is 2.45 bits per heavy atom. The van der Waals surface area contributed by atoms with Crippen molar-refractivity contribution in [2.24, 2.45) is 0 Å². The highest BCUT2D eigenvalue weighted by Gasteiger charge is 2.23. The second-order valence-electron chi connectivity index (χ2n) is 5.71. The van der Waals surface area contributed by atoms with Crippen molar-refractivity contribution in [2.45, 2.75) is 45.8 Å². The highest BCUT2D eigenvalue weighted by Crippen LogP contribution is 2.25. The fraction of sp³-hybridized carbons (Fsp3) is 0.600. The van der Waals surface area contributed by atoms with E-state index in [4.69, 9.17) is 4.74 Å². The van der Waals surface area contributed by atoms with Crippen LogP contribution in [0.2, 0.25) is 0 Å². The Hall–Kier alpha value is -1.23. The van der Waals surface area contributed by atoms with Gasteiger partial charge in [0.15, 0.2) is 0 Å². The first-order valence-corrected chi connectivity index (χ1v) is 8.92. The molecule has 20 heavy (non-hydrogen) atoms. The van der Waals surface area contributed by atoms with E-state index in [0.717, 1.165) is 17.0 Å². The predicted molar refractivity (Wildman–Crippen MR) is 82.2 cm³/mol. The summed E-state index contributed by atoms with van der Waals surface area (Å²) < 4.78 is 28.5. The zero-order valence-electron chi connectivity index (χ0n) is 12.3. The molecule has 2 rings (SSSR count). The van der Waals surface area contributed by atoms with Gasteiger partial charge in [-0.2, -0.15) is 0 Å². The summed E-state index contributed by atoms with van der Waals surface area (Å²) in [6, 6.07) is 6.22. The second kappa shape index (κ2) is 6.04. The summed E-state index contributed by atoms with van der Waals surface area (Å²) in [6.45, 7) is 6.04. The summed E-state index contributed by atoms with van der Waals surface area (Å²) in [5, 5.41) is 3.45. The molecule has 0 aliphatic carbocycles. The number of benzene rings is 1. The lowest BCUT2D eigenvalue weighted by atomic mass is 10.1. The molecule has 1 fully saturated rings. The molecule has 0 aromatic heterocycles. The molecular weight excluding hydrogens is 274 g/mol. The van der Waals surface area contributed by atoms with E-state index >= 15 is 0 Å². The summed E-state index contributed by atoms with van der Waals surface area (Å²) in [7, 11) is -2.80. The number of nitrogens with one attached hydrogen (secondary N) is 1. The average Bonchev–Trinajstić information content (AvgIpc) is 2.34. The standard InChI is InChI=1S/C15H23NO3S/c1-11(2)19-14-4-5-15(12(3)10-14)16-13-6-8-20(17,18)9-7-13/h4-5,10-11,13,16H,6-9H2,1-3H3. The summed E-state index contributed by atoms with van der Waals surface area (Å²) in [5.41, 5.74) is 2.18. The number of sulfone groups is 1. The van der Waals surface area contributed by atoms with Crippen LogP contribution < -0.4 is 10.1 Å². The maximum absolute atomic E-state index is 11.4. The quantitative estimate of drug-likeness (QED) is 0.928. The van der Waals surface area contributed by atoms with Gasteiger partial charge in [-0.15, -0.1) is 0 Å². The van der Waals surface area contributed by atoms with Crippen LogP contribution in [0.1, 0.15) is 32.3 Å². The van der Waals surface area contributed by atoms with Crippen LogP contribution in [-0.4, -0.2) is 32.1 Å². The Morgan fingerprint density at radius 1 is 1.25 bits per heavy atom. The smallest absolute Gasteiger partial charge is 0.150 e. The number of rotatable bonds is 4. The number of hydrogen-bond donors (Lipinski definition) is 1. The van der Waals surface area contributed by atoms with Crippen molar-refractivity contribution in [2.75, 3.05) is 16.8 Å². The van der Waals surface area contributed by atoms with E-state index in [1.54, 1.807) is 0 Å². The molecule has 1 N–H and O–H groups in total. The van der Waals surface area contributed by atoms with Crippen molar-refractivity contribution in [3.63, 3.8) is 0 Å². The molecule has 0 bridgehead atoms. The molecule has 4 nitrogen and oxygen atoms in total. The monoisotopic (exact) mass is 297 g/mol. The average molecular weight is 297 g/mol. The van der Waals surface area contributed by atoms with Crippen LogP contribution in [0.25, 0.3) is 0 Å². The molecule has 0 radical (unpaired) electrons. The van der Waals surface area contributed by atoms with Gasteiger partial charge in [-0.1, -0.05) is 0 Å². The van der Waals surface area contributed by atoms with Crippen molar-refractivity contribution < 1.29 is 13.2 Å². The third-order valence-electron chi connectivity index (χ3n) is 3.48. The summed E-state index contributed by atoms with van der Waals surface area (Å²) >= 11 is 0. The van der Waals surface area contributed by atoms with Crippen LogP contribution in [0.3, 0.4) is 0 Å². The van der Waals surface area contributed by atoms with Crippen molar-refractivity contribution >= 4 is 15.5 Å². The lowest BCUT2D eigenvalue weighted by Gasteiger charge is -2.25. The molecule has 0 spiro atoms. The normalized spacial score (nSPS) is 19.0. The van der Waals surface area contributed by atoms with Crippen LogP contribution in [-0.2, 0) is 9.84 Å². The van der Waals surface area contributed by atoms with Gasteiger partial charge in [0, 0.05) is 11.7 Å². The van der Waals surface area contributed by atoms with Crippen molar-refractivity contribution in [1.82, 2.24) is 0 Å². The summed E-state index contributed by atoms with van der Waals surface area (Å²) in [6.07, 6.45) is 1.54. The Morgan fingerprint density at radius 2 is 1.90 bits per heavy atom. The molecule has 1 heterocycles. The molecular formula is C15H23NO3S. The first-order chi connectivity index (χ1) is 9.35. The zero-order valence-corrected chi connectivity index (χ0v) is 13.2. The Balaban J connectivity index is 2.00. The summed E-state index contributed by atoms with van der Waals surface area (Å²) in [4.78, 5) is 0. The van der Waals surface area contributed by atoms with E-state index in [0.29, 0.717) is 12.8 Å². The fourth-order valence-electron chi connectivity index (χ4n) is 2.40. The lowest BCUT2D eigenvalue weighted by molar-refractivity contribution is 0.242. The third kappa shape index (κ3) is 4.13. The maximum Gasteiger partial charge on any atom is 0.150 e. The Labute approximate surface area is 121 Å². The first-order valence-electron chi connectivity index (χ1n) is 7.10. The van der Waals surface area contributed by atoms with E-state index in [1.807, 2.05) is 39.0 Å². The number of anilines is 1. The topological polar surface area (TPSA) is 55.4 Å². The van der Waals surface area contributed by atoms with Crippen molar-refractivity contribution in [3.05, 3.63) is 23.8 Å². The third-order valence-corrected chi connectivity index (χ3v) is 5.20. The largest absolute Gasteiger partial charge is 0.491 e. The zero-order chi connectivity index (χ0) is 14.8. The highest BCUT2D eigenvalue weighted by atomic mass is 32.2. The van der Waals surface area contributed by atoms with Gasteiger partial charge in [-0.25, -0.2) is 8.42 Å². The molecule has 1 aliphatic rings. The highest BCUT2D eigenvalue weighted by molar-refractivity contribution is 7.91. The van der Waals surface area contributed by atoms with Crippen molar-refractivity contribution in [3.8, 4) is 5.75 Å². The SMILES string of the molecule is Cc1cc(OC(C)C)ccc1NC1CCS(=O)(=O)CC1. The molecule has 1 saturated heterocycles. The van der Waals surface area contributed by atoms with Gasteiger partial charge >= 0.3 is 0 Å². The van der Waals surface area contributed by atoms with Gasteiger partial charge in [-0.3, -0.25) is 0 Å². The molecule has 5 heteroatoms. The van der Waals surface area contributed by atoms with E-state index in [9.17, 15) is 8.42 Å². The number of hydrogen-bond acceptors (Lipinski definition) is 4. The Kier molecular flexibility index (Phi) is 4.58. The van der Waals surface area contributed by atoms with Gasteiger partial charge in [-0.05, 0) is 57.4 Å². The van der Waals surface area contributed by atoms with Crippen LogP contribution >= 0.6 is 0 Å². The molecule has 112 valence electrons. The molecule has 0 atom stereocenters. The van der Waals surface area contributed by atoms with E-state index in [-0.39, 0.29) is 23.7 Å². The van der Waals surface area contributed by atoms with E-state index < -0.39 is 9.84 Å². The molecule has 0 amide bonds. The van der Waals surface area contributed by atoms with Gasteiger partial charge in [0.2, 0.25) is 0 Å². The van der Waals surface area contributed by atoms with Gasteiger partial charge in [0.25, 0.3) is 0 Å². The molecule has 0 unspecified atom stereocenters.